The first-order valence-electron chi connectivity index (χ1n) is 11.0. The molecule has 7 nitrogen and oxygen atoms in total. The molecule has 0 bridgehead atoms. The lowest BCUT2D eigenvalue weighted by atomic mass is 10.0. The normalized spacial score (nSPS) is 18.6. The highest BCUT2D eigenvalue weighted by Crippen LogP contribution is 2.31. The van der Waals surface area contributed by atoms with Crippen molar-refractivity contribution in [2.75, 3.05) is 6.54 Å². The highest BCUT2D eigenvalue weighted by atomic mass is 32.2. The fourth-order valence-corrected chi connectivity index (χ4v) is 5.75. The van der Waals surface area contributed by atoms with Gasteiger partial charge < -0.3 is 0 Å². The summed E-state index contributed by atoms with van der Waals surface area (Å²) in [5.74, 6) is -1.22. The van der Waals surface area contributed by atoms with E-state index in [-0.39, 0.29) is 35.5 Å². The topological polar surface area (TPSA) is 96.1 Å². The van der Waals surface area contributed by atoms with Gasteiger partial charge in [-0.15, -0.1) is 0 Å². The third-order valence-electron chi connectivity index (χ3n) is 5.99. The van der Waals surface area contributed by atoms with Crippen molar-refractivity contribution in [3.8, 4) is 11.8 Å². The third kappa shape index (κ3) is 5.55. The number of carbonyl (C=O) groups is 1. The summed E-state index contributed by atoms with van der Waals surface area (Å²) < 4.78 is 93.8. The Morgan fingerprint density at radius 2 is 1.76 bits per heavy atom. The smallest absolute Gasteiger partial charge is 0.298 e. The van der Waals surface area contributed by atoms with Gasteiger partial charge in [-0.2, -0.15) is 27.8 Å². The minimum Gasteiger partial charge on any atom is -0.298 e. The number of nitrogens with zero attached hydrogens (tertiary/aromatic N) is 4. The monoisotopic (exact) mass is 538 g/mol. The highest BCUT2D eigenvalue weighted by Gasteiger charge is 2.43. The predicted molar refractivity (Wildman–Crippen MR) is 120 cm³/mol. The Kier molecular flexibility index (Phi) is 7.16. The van der Waals surface area contributed by atoms with Crippen molar-refractivity contribution in [3.63, 3.8) is 0 Å². The van der Waals surface area contributed by atoms with Gasteiger partial charge in [-0.3, -0.25) is 4.79 Å². The molecule has 2 heterocycles. The maximum atomic E-state index is 14.2. The first kappa shape index (κ1) is 26.4. The number of ketones is 1. The molecule has 0 radical (unpaired) electrons. The van der Waals surface area contributed by atoms with Crippen molar-refractivity contribution < 1.29 is 35.2 Å². The largest absolute Gasteiger partial charge is 0.416 e. The molecule has 1 aliphatic rings. The Balaban J connectivity index is 1.50. The number of hydrogen-bond acceptors (Lipinski definition) is 5. The predicted octanol–water partition coefficient (Wildman–Crippen LogP) is 4.20. The average Bonchev–Trinajstić information content (AvgIpc) is 3.46. The van der Waals surface area contributed by atoms with Crippen LogP contribution in [0.2, 0.25) is 0 Å². The van der Waals surface area contributed by atoms with Crippen LogP contribution in [-0.2, 0) is 27.4 Å². The maximum Gasteiger partial charge on any atom is 0.416 e. The van der Waals surface area contributed by atoms with E-state index in [1.165, 1.54) is 23.0 Å². The Morgan fingerprint density at radius 1 is 1.11 bits per heavy atom. The molecular formula is C24H19F5N4O3S. The molecule has 1 fully saturated rings. The van der Waals surface area contributed by atoms with Crippen LogP contribution in [-0.4, -0.2) is 47.0 Å². The lowest BCUT2D eigenvalue weighted by Crippen LogP contribution is -2.40. The number of nitriles is 1. The summed E-state index contributed by atoms with van der Waals surface area (Å²) in [6.45, 7) is -0.522. The van der Waals surface area contributed by atoms with Crippen LogP contribution in [0.15, 0.2) is 59.6 Å². The van der Waals surface area contributed by atoms with E-state index in [0.717, 1.165) is 40.7 Å². The Hall–Kier alpha value is -3.63. The highest BCUT2D eigenvalue weighted by molar-refractivity contribution is 7.89. The van der Waals surface area contributed by atoms with Crippen molar-refractivity contribution >= 4 is 15.8 Å². The number of carbonyl (C=O) groups excluding carboxylic acids is 1. The van der Waals surface area contributed by atoms with Gasteiger partial charge in [0.1, 0.15) is 18.1 Å². The summed E-state index contributed by atoms with van der Waals surface area (Å²) in [6.07, 6.45) is -5.28. The van der Waals surface area contributed by atoms with Crippen LogP contribution < -0.4 is 0 Å². The van der Waals surface area contributed by atoms with E-state index >= 15 is 0 Å². The van der Waals surface area contributed by atoms with E-state index in [0.29, 0.717) is 5.56 Å². The molecule has 2 atom stereocenters. The van der Waals surface area contributed by atoms with Crippen molar-refractivity contribution in [1.82, 2.24) is 14.1 Å². The number of benzene rings is 2. The fourth-order valence-electron chi connectivity index (χ4n) is 4.10. The van der Waals surface area contributed by atoms with Crippen molar-refractivity contribution in [2.24, 2.45) is 0 Å². The molecule has 1 aromatic heterocycles. The van der Waals surface area contributed by atoms with Crippen LogP contribution >= 0.6 is 0 Å². The maximum absolute atomic E-state index is 14.2. The SMILES string of the molecule is N#Cc1nn(-c2ccc(C(F)(F)F)cc2)cc1CCC(=O)[C@@H]1C[C@@H](F)CN1S(=O)(=O)c1ccc(F)cc1. The van der Waals surface area contributed by atoms with Gasteiger partial charge in [0.05, 0.1) is 22.2 Å². The number of Topliss-reactive ketones (excluding diaryl/α,β-unsaturated/α-hetero) is 1. The Labute approximate surface area is 208 Å². The molecule has 1 aliphatic heterocycles. The zero-order valence-corrected chi connectivity index (χ0v) is 19.8. The van der Waals surface area contributed by atoms with E-state index in [1.54, 1.807) is 0 Å². The second-order valence-electron chi connectivity index (χ2n) is 8.45. The van der Waals surface area contributed by atoms with Crippen LogP contribution in [0.25, 0.3) is 5.69 Å². The molecule has 13 heteroatoms. The molecule has 0 unspecified atom stereocenters. The van der Waals surface area contributed by atoms with Crippen LogP contribution in [0.3, 0.4) is 0 Å². The molecule has 3 aromatic rings. The quantitative estimate of drug-likeness (QED) is 0.420. The van der Waals surface area contributed by atoms with Crippen LogP contribution in [0, 0.1) is 17.1 Å². The number of aromatic nitrogens is 2. The number of sulfonamides is 1. The molecule has 0 spiro atoms. The molecular weight excluding hydrogens is 519 g/mol. The molecule has 2 aromatic carbocycles. The van der Waals surface area contributed by atoms with Gasteiger partial charge in [-0.1, -0.05) is 0 Å². The Bertz CT molecular complexity index is 1450. The van der Waals surface area contributed by atoms with Crippen LogP contribution in [0.4, 0.5) is 22.0 Å². The molecule has 4 rings (SSSR count). The summed E-state index contributed by atoms with van der Waals surface area (Å²) in [7, 11) is -4.27. The number of aryl methyl sites for hydroxylation is 1. The van der Waals surface area contributed by atoms with E-state index in [9.17, 15) is 40.4 Å². The lowest BCUT2D eigenvalue weighted by Gasteiger charge is -2.22. The van der Waals surface area contributed by atoms with E-state index in [2.05, 4.69) is 5.10 Å². The van der Waals surface area contributed by atoms with Gasteiger partial charge in [0.25, 0.3) is 0 Å². The van der Waals surface area contributed by atoms with Gasteiger partial charge in [0, 0.05) is 31.1 Å². The first-order chi connectivity index (χ1) is 17.4. The molecule has 0 saturated carbocycles. The number of rotatable bonds is 7. The fraction of sp³-hybridized carbons (Fsp3) is 0.292. The summed E-state index contributed by atoms with van der Waals surface area (Å²) in [5.41, 5.74) is -0.330. The van der Waals surface area contributed by atoms with Crippen LogP contribution in [0.1, 0.15) is 29.7 Å². The molecule has 37 heavy (non-hydrogen) atoms. The van der Waals surface area contributed by atoms with E-state index < -0.39 is 52.1 Å². The number of hydrogen-bond donors (Lipinski definition) is 0. The standard InChI is InChI=1S/C24H19F5N4O3S/c25-17-4-8-20(9-5-17)37(35,36)33-14-18(26)11-22(33)23(34)10-1-15-13-32(31-21(15)12-30)19-6-2-16(3-7-19)24(27,28)29/h2-9,13,18,22H,1,10-11,14H2/t18-,22+/m1/s1. The van der Waals surface area contributed by atoms with E-state index in [4.69, 9.17) is 0 Å². The summed E-state index contributed by atoms with van der Waals surface area (Å²) in [6, 6.07) is 8.66. The molecule has 1 saturated heterocycles. The second-order valence-corrected chi connectivity index (χ2v) is 10.3. The Morgan fingerprint density at radius 3 is 2.35 bits per heavy atom. The zero-order valence-electron chi connectivity index (χ0n) is 19.0. The molecule has 0 aliphatic carbocycles. The number of halogens is 5. The lowest BCUT2D eigenvalue weighted by molar-refractivity contribution is -0.137. The van der Waals surface area contributed by atoms with Gasteiger partial charge in [0.2, 0.25) is 10.0 Å². The second kappa shape index (κ2) is 10.0. The molecule has 194 valence electrons. The van der Waals surface area contributed by atoms with Gasteiger partial charge in [-0.25, -0.2) is 21.9 Å². The minimum absolute atomic E-state index is 0.0275. The first-order valence-corrected chi connectivity index (χ1v) is 12.4. The summed E-state index contributed by atoms with van der Waals surface area (Å²) in [4.78, 5) is 12.7. The molecule has 0 N–H and O–H groups in total. The minimum atomic E-state index is -4.51. The average molecular weight is 538 g/mol. The van der Waals surface area contributed by atoms with Crippen molar-refractivity contribution in [2.45, 2.75) is 42.5 Å². The third-order valence-corrected chi connectivity index (χ3v) is 7.88. The van der Waals surface area contributed by atoms with Crippen LogP contribution in [0.5, 0.6) is 0 Å². The zero-order chi connectivity index (χ0) is 27.0. The van der Waals surface area contributed by atoms with E-state index in [1.807, 2.05) is 6.07 Å². The summed E-state index contributed by atoms with van der Waals surface area (Å²) >= 11 is 0. The summed E-state index contributed by atoms with van der Waals surface area (Å²) in [5, 5.41) is 13.5. The van der Waals surface area contributed by atoms with Gasteiger partial charge in [0.15, 0.2) is 11.5 Å². The number of alkyl halides is 4. The van der Waals surface area contributed by atoms with Crippen molar-refractivity contribution in [3.05, 3.63) is 77.4 Å². The van der Waals surface area contributed by atoms with Gasteiger partial charge in [-0.05, 0) is 55.0 Å². The van der Waals surface area contributed by atoms with Crippen molar-refractivity contribution in [1.29, 1.82) is 5.26 Å². The molecule has 0 amide bonds. The van der Waals surface area contributed by atoms with Gasteiger partial charge >= 0.3 is 6.18 Å².